The molecule has 0 amide bonds. The fourth-order valence-electron chi connectivity index (χ4n) is 1.47. The van der Waals surface area contributed by atoms with Crippen LogP contribution in [-0.4, -0.2) is 4.57 Å². The van der Waals surface area contributed by atoms with Gasteiger partial charge in [-0.2, -0.15) is 0 Å². The van der Waals surface area contributed by atoms with E-state index < -0.39 is 0 Å². The van der Waals surface area contributed by atoms with Gasteiger partial charge < -0.3 is 4.57 Å². The monoisotopic (exact) mass is 271 g/mol. The van der Waals surface area contributed by atoms with Gasteiger partial charge in [-0.15, -0.1) is 0 Å². The highest BCUT2D eigenvalue weighted by Crippen LogP contribution is 2.12. The number of aromatic nitrogens is 1. The summed E-state index contributed by atoms with van der Waals surface area (Å²) in [6.45, 7) is 0.305. The van der Waals surface area contributed by atoms with Crippen molar-refractivity contribution in [2.75, 3.05) is 0 Å². The van der Waals surface area contributed by atoms with Gasteiger partial charge in [0.25, 0.3) is 5.56 Å². The summed E-state index contributed by atoms with van der Waals surface area (Å²) < 4.78 is 14.1. The maximum absolute atomic E-state index is 12.7. The Morgan fingerprint density at radius 3 is 2.47 bits per heavy atom. The minimum atomic E-state index is -0.319. The lowest BCUT2D eigenvalue weighted by Gasteiger charge is -2.07. The third kappa shape index (κ3) is 2.87. The molecule has 1 aromatic heterocycles. The average molecular weight is 272 g/mol. The van der Waals surface area contributed by atoms with Crippen LogP contribution in [0.2, 0.25) is 10.0 Å². The van der Waals surface area contributed by atoms with Crippen LogP contribution in [0.4, 0.5) is 4.39 Å². The van der Waals surface area contributed by atoms with Crippen LogP contribution in [0.15, 0.2) is 41.3 Å². The van der Waals surface area contributed by atoms with Crippen molar-refractivity contribution in [3.8, 4) is 0 Å². The van der Waals surface area contributed by atoms with E-state index in [9.17, 15) is 9.18 Å². The zero-order chi connectivity index (χ0) is 12.4. The Kier molecular flexibility index (Phi) is 3.50. The predicted molar refractivity (Wildman–Crippen MR) is 66.2 cm³/mol. The number of pyridine rings is 1. The standard InChI is InChI=1S/C12H8Cl2FNO/c13-9-5-11(14)12(17)16(7-9)6-8-1-3-10(15)4-2-8/h1-5,7H,6H2. The van der Waals surface area contributed by atoms with Crippen molar-refractivity contribution in [1.29, 1.82) is 0 Å². The first-order valence-electron chi connectivity index (χ1n) is 4.86. The Hall–Kier alpha value is -1.32. The number of hydrogen-bond donors (Lipinski definition) is 0. The molecule has 0 spiro atoms. The fourth-order valence-corrected chi connectivity index (χ4v) is 1.98. The molecule has 0 aliphatic heterocycles. The number of nitrogens with zero attached hydrogens (tertiary/aromatic N) is 1. The predicted octanol–water partition coefficient (Wildman–Crippen LogP) is 3.34. The maximum atomic E-state index is 12.7. The summed E-state index contributed by atoms with van der Waals surface area (Å²) in [5.41, 5.74) is 0.479. The molecular formula is C12H8Cl2FNO. The van der Waals surface area contributed by atoms with Gasteiger partial charge in [0.15, 0.2) is 0 Å². The molecule has 2 nitrogen and oxygen atoms in total. The van der Waals surface area contributed by atoms with Crippen molar-refractivity contribution in [3.63, 3.8) is 0 Å². The molecule has 0 saturated heterocycles. The smallest absolute Gasteiger partial charge is 0.269 e. The molecule has 17 heavy (non-hydrogen) atoms. The van der Waals surface area contributed by atoms with E-state index in [4.69, 9.17) is 23.2 Å². The van der Waals surface area contributed by atoms with Gasteiger partial charge in [0.1, 0.15) is 10.8 Å². The fraction of sp³-hybridized carbons (Fsp3) is 0.0833. The van der Waals surface area contributed by atoms with Gasteiger partial charge in [-0.25, -0.2) is 4.39 Å². The van der Waals surface area contributed by atoms with E-state index in [0.717, 1.165) is 5.56 Å². The second-order valence-electron chi connectivity index (χ2n) is 3.57. The summed E-state index contributed by atoms with van der Waals surface area (Å²) in [7, 11) is 0. The van der Waals surface area contributed by atoms with Crippen molar-refractivity contribution in [2.24, 2.45) is 0 Å². The average Bonchev–Trinajstić information content (AvgIpc) is 2.28. The molecule has 0 aliphatic rings. The zero-order valence-corrected chi connectivity index (χ0v) is 10.2. The van der Waals surface area contributed by atoms with Gasteiger partial charge in [-0.3, -0.25) is 4.79 Å². The zero-order valence-electron chi connectivity index (χ0n) is 8.66. The van der Waals surface area contributed by atoms with Gasteiger partial charge in [0.05, 0.1) is 11.6 Å². The van der Waals surface area contributed by atoms with Gasteiger partial charge in [-0.05, 0) is 23.8 Å². The van der Waals surface area contributed by atoms with Crippen LogP contribution in [-0.2, 0) is 6.54 Å². The first-order valence-corrected chi connectivity index (χ1v) is 5.62. The largest absolute Gasteiger partial charge is 0.308 e. The molecule has 2 aromatic rings. The lowest BCUT2D eigenvalue weighted by molar-refractivity contribution is 0.626. The van der Waals surface area contributed by atoms with Gasteiger partial charge >= 0.3 is 0 Å². The minimum Gasteiger partial charge on any atom is -0.308 e. The topological polar surface area (TPSA) is 22.0 Å². The quantitative estimate of drug-likeness (QED) is 0.821. The van der Waals surface area contributed by atoms with Crippen LogP contribution in [0.1, 0.15) is 5.56 Å². The first kappa shape index (κ1) is 12.1. The Morgan fingerprint density at radius 2 is 1.82 bits per heavy atom. The molecule has 0 unspecified atom stereocenters. The number of hydrogen-bond acceptors (Lipinski definition) is 1. The Morgan fingerprint density at radius 1 is 1.18 bits per heavy atom. The highest BCUT2D eigenvalue weighted by Gasteiger charge is 2.04. The Labute approximate surface area is 107 Å². The summed E-state index contributed by atoms with van der Waals surface area (Å²) in [6.07, 6.45) is 1.50. The lowest BCUT2D eigenvalue weighted by atomic mass is 10.2. The van der Waals surface area contributed by atoms with Crippen LogP contribution in [0.25, 0.3) is 0 Å². The second-order valence-corrected chi connectivity index (χ2v) is 4.41. The van der Waals surface area contributed by atoms with E-state index in [-0.39, 0.29) is 16.4 Å². The Bertz CT molecular complexity index is 592. The van der Waals surface area contributed by atoms with Crippen molar-refractivity contribution < 1.29 is 4.39 Å². The van der Waals surface area contributed by atoms with Gasteiger partial charge in [-0.1, -0.05) is 35.3 Å². The normalized spacial score (nSPS) is 10.5. The van der Waals surface area contributed by atoms with E-state index in [2.05, 4.69) is 0 Å². The lowest BCUT2D eigenvalue weighted by Crippen LogP contribution is -2.20. The summed E-state index contributed by atoms with van der Waals surface area (Å²) in [5, 5.41) is 0.455. The molecule has 0 aliphatic carbocycles. The van der Waals surface area contributed by atoms with Crippen LogP contribution in [0.3, 0.4) is 0 Å². The second kappa shape index (κ2) is 4.90. The van der Waals surface area contributed by atoms with Crippen LogP contribution in [0.5, 0.6) is 0 Å². The van der Waals surface area contributed by atoms with Crippen molar-refractivity contribution >= 4 is 23.2 Å². The van der Waals surface area contributed by atoms with Crippen molar-refractivity contribution in [3.05, 3.63) is 68.3 Å². The first-order chi connectivity index (χ1) is 8.06. The molecule has 1 heterocycles. The van der Waals surface area contributed by atoms with Gasteiger partial charge in [0, 0.05) is 6.20 Å². The van der Waals surface area contributed by atoms with E-state index in [0.29, 0.717) is 11.6 Å². The summed E-state index contributed by atoms with van der Waals surface area (Å²) >= 11 is 11.5. The molecule has 0 radical (unpaired) electrons. The third-order valence-corrected chi connectivity index (χ3v) is 2.75. The third-order valence-electron chi connectivity index (χ3n) is 2.28. The summed E-state index contributed by atoms with van der Waals surface area (Å²) in [4.78, 5) is 11.7. The van der Waals surface area contributed by atoms with Crippen molar-refractivity contribution in [1.82, 2.24) is 4.57 Å². The molecule has 2 rings (SSSR count). The highest BCUT2D eigenvalue weighted by molar-refractivity contribution is 6.34. The van der Waals surface area contributed by atoms with E-state index in [1.807, 2.05) is 0 Å². The molecule has 5 heteroatoms. The molecule has 0 atom stereocenters. The Balaban J connectivity index is 2.36. The number of halogens is 3. The molecule has 0 bridgehead atoms. The van der Waals surface area contributed by atoms with E-state index >= 15 is 0 Å². The molecular weight excluding hydrogens is 264 g/mol. The number of benzene rings is 1. The molecule has 0 saturated carbocycles. The van der Waals surface area contributed by atoms with Crippen LogP contribution < -0.4 is 5.56 Å². The van der Waals surface area contributed by atoms with E-state index in [1.165, 1.54) is 29.0 Å². The molecule has 0 N–H and O–H groups in total. The summed E-state index contributed by atoms with van der Waals surface area (Å²) in [5.74, 6) is -0.315. The SMILES string of the molecule is O=c1c(Cl)cc(Cl)cn1Cc1ccc(F)cc1. The molecule has 0 fully saturated rings. The minimum absolute atomic E-state index is 0.0691. The van der Waals surface area contributed by atoms with Crippen molar-refractivity contribution in [2.45, 2.75) is 6.54 Å². The summed E-state index contributed by atoms with van der Waals surface area (Å²) in [6, 6.07) is 7.29. The number of rotatable bonds is 2. The van der Waals surface area contributed by atoms with E-state index in [1.54, 1.807) is 12.1 Å². The molecule has 88 valence electrons. The highest BCUT2D eigenvalue weighted by atomic mass is 35.5. The molecule has 1 aromatic carbocycles. The van der Waals surface area contributed by atoms with Crippen LogP contribution >= 0.6 is 23.2 Å². The maximum Gasteiger partial charge on any atom is 0.269 e. The van der Waals surface area contributed by atoms with Crippen LogP contribution in [0, 0.1) is 5.82 Å². The van der Waals surface area contributed by atoms with Gasteiger partial charge in [0.2, 0.25) is 0 Å².